The third-order valence-electron chi connectivity index (χ3n) is 5.09. The van der Waals surface area contributed by atoms with Gasteiger partial charge in [0.2, 0.25) is 0 Å². The number of para-hydroxylation sites is 1. The Balaban J connectivity index is 1.47. The number of nitrogens with zero attached hydrogens (tertiary/aromatic N) is 2. The van der Waals surface area contributed by atoms with E-state index in [2.05, 4.69) is 10.6 Å². The summed E-state index contributed by atoms with van der Waals surface area (Å²) in [4.78, 5) is 11.7. The van der Waals surface area contributed by atoms with Crippen LogP contribution in [0.5, 0.6) is 11.5 Å². The third-order valence-corrected chi connectivity index (χ3v) is 5.09. The van der Waals surface area contributed by atoms with E-state index in [4.69, 9.17) is 9.84 Å². The molecule has 3 heterocycles. The number of carbonyl (C=O) groups excluding carboxylic acids is 1. The molecule has 6 nitrogen and oxygen atoms in total. The summed E-state index contributed by atoms with van der Waals surface area (Å²) in [6.45, 7) is 2.56. The van der Waals surface area contributed by atoms with E-state index < -0.39 is 0 Å². The Hall–Kier alpha value is -3.12. The molecular weight excluding hydrogens is 328 g/mol. The SMILES string of the molecule is O=Cc1c(-c2ccc(Oc3ccccc3)cc2)nn2c1NCC21CNC1. The summed E-state index contributed by atoms with van der Waals surface area (Å²) in [5.41, 5.74) is 2.19. The molecule has 0 unspecified atom stereocenters. The highest BCUT2D eigenvalue weighted by atomic mass is 16.5. The van der Waals surface area contributed by atoms with Crippen molar-refractivity contribution in [1.29, 1.82) is 0 Å². The quantitative estimate of drug-likeness (QED) is 0.711. The summed E-state index contributed by atoms with van der Waals surface area (Å²) >= 11 is 0. The van der Waals surface area contributed by atoms with Crippen LogP contribution in [0.4, 0.5) is 5.82 Å². The van der Waals surface area contributed by atoms with Crippen molar-refractivity contribution >= 4 is 12.1 Å². The van der Waals surface area contributed by atoms with Crippen molar-refractivity contribution in [2.75, 3.05) is 25.0 Å². The van der Waals surface area contributed by atoms with Gasteiger partial charge in [-0.2, -0.15) is 5.10 Å². The second-order valence-corrected chi connectivity index (χ2v) is 6.76. The minimum Gasteiger partial charge on any atom is -0.457 e. The molecule has 0 atom stereocenters. The van der Waals surface area contributed by atoms with E-state index in [1.807, 2.05) is 59.3 Å². The highest BCUT2D eigenvalue weighted by Crippen LogP contribution is 2.38. The van der Waals surface area contributed by atoms with Crippen LogP contribution >= 0.6 is 0 Å². The van der Waals surface area contributed by atoms with Crippen LogP contribution in [0.3, 0.4) is 0 Å². The van der Waals surface area contributed by atoms with Gasteiger partial charge < -0.3 is 15.4 Å². The average Bonchev–Trinajstić information content (AvgIpc) is 3.19. The van der Waals surface area contributed by atoms with Crippen molar-refractivity contribution < 1.29 is 9.53 Å². The van der Waals surface area contributed by atoms with Gasteiger partial charge >= 0.3 is 0 Å². The number of ether oxygens (including phenoxy) is 1. The Labute approximate surface area is 150 Å². The maximum Gasteiger partial charge on any atom is 0.156 e. The first-order valence-electron chi connectivity index (χ1n) is 8.66. The van der Waals surface area contributed by atoms with Gasteiger partial charge in [-0.3, -0.25) is 4.79 Å². The molecule has 26 heavy (non-hydrogen) atoms. The van der Waals surface area contributed by atoms with E-state index in [1.54, 1.807) is 0 Å². The summed E-state index contributed by atoms with van der Waals surface area (Å²) in [5.74, 6) is 2.36. The number of anilines is 1. The van der Waals surface area contributed by atoms with E-state index in [0.717, 1.165) is 48.8 Å². The number of aldehydes is 1. The van der Waals surface area contributed by atoms with E-state index >= 15 is 0 Å². The number of fused-ring (bicyclic) bond motifs is 2. The third kappa shape index (κ3) is 2.23. The lowest BCUT2D eigenvalue weighted by atomic mass is 9.94. The van der Waals surface area contributed by atoms with Crippen molar-refractivity contribution in [3.63, 3.8) is 0 Å². The van der Waals surface area contributed by atoms with Crippen molar-refractivity contribution in [2.24, 2.45) is 0 Å². The van der Waals surface area contributed by atoms with Crippen molar-refractivity contribution in [3.8, 4) is 22.8 Å². The fourth-order valence-corrected chi connectivity index (χ4v) is 3.59. The molecule has 3 aromatic rings. The molecule has 0 aliphatic carbocycles. The average molecular weight is 346 g/mol. The summed E-state index contributed by atoms with van der Waals surface area (Å²) in [5, 5.41) is 11.4. The Morgan fingerprint density at radius 2 is 1.73 bits per heavy atom. The normalized spacial score (nSPS) is 16.6. The maximum atomic E-state index is 11.7. The Morgan fingerprint density at radius 3 is 2.38 bits per heavy atom. The smallest absolute Gasteiger partial charge is 0.156 e. The number of nitrogens with one attached hydrogen (secondary N) is 2. The number of benzene rings is 2. The largest absolute Gasteiger partial charge is 0.457 e. The predicted molar refractivity (Wildman–Crippen MR) is 98.9 cm³/mol. The van der Waals surface area contributed by atoms with Crippen LogP contribution in [-0.2, 0) is 5.54 Å². The van der Waals surface area contributed by atoms with Gasteiger partial charge in [0.1, 0.15) is 28.5 Å². The van der Waals surface area contributed by atoms with Crippen LogP contribution in [0.25, 0.3) is 11.3 Å². The summed E-state index contributed by atoms with van der Waals surface area (Å²) in [7, 11) is 0. The fraction of sp³-hybridized carbons (Fsp3) is 0.200. The molecule has 2 aromatic carbocycles. The van der Waals surface area contributed by atoms with Crippen LogP contribution in [-0.4, -0.2) is 35.7 Å². The van der Waals surface area contributed by atoms with Gasteiger partial charge in [-0.15, -0.1) is 0 Å². The highest BCUT2D eigenvalue weighted by molar-refractivity contribution is 5.93. The zero-order chi connectivity index (χ0) is 17.6. The lowest BCUT2D eigenvalue weighted by molar-refractivity contribution is 0.112. The maximum absolute atomic E-state index is 11.7. The number of carbonyl (C=O) groups is 1. The number of hydrogen-bond acceptors (Lipinski definition) is 5. The van der Waals surface area contributed by atoms with Crippen molar-refractivity contribution in [3.05, 3.63) is 60.2 Å². The predicted octanol–water partition coefficient (Wildman–Crippen LogP) is 2.88. The van der Waals surface area contributed by atoms with Gasteiger partial charge in [0.05, 0.1) is 5.56 Å². The lowest BCUT2D eigenvalue weighted by Gasteiger charge is -2.38. The molecule has 0 amide bonds. The van der Waals surface area contributed by atoms with Gasteiger partial charge in [0.25, 0.3) is 0 Å². The molecule has 2 N–H and O–H groups in total. The zero-order valence-electron chi connectivity index (χ0n) is 14.1. The van der Waals surface area contributed by atoms with Crippen LogP contribution in [0, 0.1) is 0 Å². The first-order chi connectivity index (χ1) is 12.8. The molecule has 1 spiro atoms. The van der Waals surface area contributed by atoms with Crippen LogP contribution in [0.1, 0.15) is 10.4 Å². The minimum atomic E-state index is -0.0400. The molecule has 5 rings (SSSR count). The molecule has 0 bridgehead atoms. The van der Waals surface area contributed by atoms with Crippen LogP contribution in [0.15, 0.2) is 54.6 Å². The molecule has 2 aliphatic heterocycles. The topological polar surface area (TPSA) is 68.2 Å². The molecule has 1 saturated heterocycles. The first kappa shape index (κ1) is 15.2. The standard InChI is InChI=1S/C20H18N4O2/c25-10-17-18(23-24-19(17)22-13-20(24)11-21-12-20)14-6-8-16(9-7-14)26-15-4-2-1-3-5-15/h1-10,21-22H,11-13H2. The van der Waals surface area contributed by atoms with Gasteiger partial charge in [0.15, 0.2) is 6.29 Å². The van der Waals surface area contributed by atoms with E-state index in [1.165, 1.54) is 0 Å². The van der Waals surface area contributed by atoms with Gasteiger partial charge in [0, 0.05) is 25.2 Å². The fourth-order valence-electron chi connectivity index (χ4n) is 3.59. The number of rotatable bonds is 4. The molecule has 1 fully saturated rings. The van der Waals surface area contributed by atoms with Gasteiger partial charge in [-0.25, -0.2) is 4.68 Å². The van der Waals surface area contributed by atoms with Crippen LogP contribution < -0.4 is 15.4 Å². The van der Waals surface area contributed by atoms with Crippen molar-refractivity contribution in [2.45, 2.75) is 5.54 Å². The minimum absolute atomic E-state index is 0.0400. The Kier molecular flexibility index (Phi) is 3.33. The molecule has 2 aliphatic rings. The van der Waals surface area contributed by atoms with Gasteiger partial charge in [-0.05, 0) is 36.4 Å². The molecule has 6 heteroatoms. The number of hydrogen-bond donors (Lipinski definition) is 2. The second kappa shape index (κ2) is 5.71. The second-order valence-electron chi connectivity index (χ2n) is 6.76. The van der Waals surface area contributed by atoms with Gasteiger partial charge in [-0.1, -0.05) is 18.2 Å². The zero-order valence-corrected chi connectivity index (χ0v) is 14.1. The molecule has 130 valence electrons. The Bertz CT molecular complexity index is 959. The summed E-state index contributed by atoms with van der Waals surface area (Å²) < 4.78 is 7.81. The molecule has 1 aromatic heterocycles. The highest BCUT2D eigenvalue weighted by Gasteiger charge is 2.46. The molecule has 0 saturated carbocycles. The number of aromatic nitrogens is 2. The monoisotopic (exact) mass is 346 g/mol. The lowest BCUT2D eigenvalue weighted by Crippen LogP contribution is -2.61. The molecular formula is C20H18N4O2. The Morgan fingerprint density at radius 1 is 1.00 bits per heavy atom. The van der Waals surface area contributed by atoms with Crippen molar-refractivity contribution in [1.82, 2.24) is 15.1 Å². The summed E-state index contributed by atoms with van der Waals surface area (Å²) in [6, 6.07) is 17.3. The van der Waals surface area contributed by atoms with E-state index in [0.29, 0.717) is 11.3 Å². The van der Waals surface area contributed by atoms with Crippen LogP contribution in [0.2, 0.25) is 0 Å². The molecule has 0 radical (unpaired) electrons. The van der Waals surface area contributed by atoms with E-state index in [9.17, 15) is 4.79 Å². The summed E-state index contributed by atoms with van der Waals surface area (Å²) in [6.07, 6.45) is 0.890. The first-order valence-corrected chi connectivity index (χ1v) is 8.66. The van der Waals surface area contributed by atoms with E-state index in [-0.39, 0.29) is 5.54 Å².